The number of amides is 1. The summed E-state index contributed by atoms with van der Waals surface area (Å²) in [6.45, 7) is 0.0799. The molecule has 9 nitrogen and oxygen atoms in total. The fraction of sp³-hybridized carbons (Fsp3) is 0.412. The average molecular weight is 444 g/mol. The van der Waals surface area contributed by atoms with Gasteiger partial charge in [0.05, 0.1) is 30.1 Å². The molecule has 1 atom stereocenters. The van der Waals surface area contributed by atoms with E-state index in [1.807, 2.05) is 0 Å². The highest BCUT2D eigenvalue weighted by Crippen LogP contribution is 2.32. The fourth-order valence-corrected chi connectivity index (χ4v) is 3.46. The van der Waals surface area contributed by atoms with Crippen molar-refractivity contribution in [3.05, 3.63) is 41.9 Å². The molecule has 0 radical (unpaired) electrons. The molecule has 13 heteroatoms. The summed E-state index contributed by atoms with van der Waals surface area (Å²) in [7, 11) is -3.51. The number of nitrogens with zero attached hydrogens (tertiary/aromatic N) is 4. The van der Waals surface area contributed by atoms with Crippen molar-refractivity contribution in [2.75, 3.05) is 24.7 Å². The molecule has 0 aromatic carbocycles. The second kappa shape index (κ2) is 8.52. The van der Waals surface area contributed by atoms with Gasteiger partial charge in [-0.15, -0.1) is 0 Å². The lowest BCUT2D eigenvalue weighted by Crippen LogP contribution is -2.39. The normalized spacial score (nSPS) is 17.2. The number of rotatable bonds is 6. The number of aromatic nitrogens is 3. The number of sulfonamides is 1. The van der Waals surface area contributed by atoms with Gasteiger partial charge in [0.1, 0.15) is 5.82 Å². The van der Waals surface area contributed by atoms with Crippen molar-refractivity contribution in [3.63, 3.8) is 0 Å². The van der Waals surface area contributed by atoms with Crippen molar-refractivity contribution in [3.8, 4) is 0 Å². The maximum absolute atomic E-state index is 12.9. The summed E-state index contributed by atoms with van der Waals surface area (Å²) in [5.41, 5.74) is -0.369. The number of pyridine rings is 1. The van der Waals surface area contributed by atoms with Gasteiger partial charge in [-0.25, -0.2) is 28.1 Å². The predicted molar refractivity (Wildman–Crippen MR) is 101 cm³/mol. The molecule has 162 valence electrons. The van der Waals surface area contributed by atoms with Crippen molar-refractivity contribution in [2.24, 2.45) is 0 Å². The van der Waals surface area contributed by atoms with Crippen LogP contribution in [0.4, 0.5) is 24.9 Å². The van der Waals surface area contributed by atoms with Crippen LogP contribution in [-0.4, -0.2) is 53.5 Å². The number of alkyl halides is 3. The number of halogens is 3. The Morgan fingerprint density at radius 2 is 2.00 bits per heavy atom. The molecule has 2 aromatic heterocycles. The molecule has 1 amide bonds. The van der Waals surface area contributed by atoms with Crippen LogP contribution in [0.15, 0.2) is 30.6 Å². The van der Waals surface area contributed by atoms with Crippen LogP contribution >= 0.6 is 0 Å². The predicted octanol–water partition coefficient (Wildman–Crippen LogP) is 1.85. The van der Waals surface area contributed by atoms with E-state index < -0.39 is 33.7 Å². The quantitative estimate of drug-likeness (QED) is 0.698. The van der Waals surface area contributed by atoms with Gasteiger partial charge >= 0.3 is 6.18 Å². The van der Waals surface area contributed by atoms with Gasteiger partial charge in [-0.05, 0) is 31.0 Å². The zero-order valence-electron chi connectivity index (χ0n) is 15.8. The molecule has 0 bridgehead atoms. The fourth-order valence-electron chi connectivity index (χ4n) is 3.08. The maximum Gasteiger partial charge on any atom is 0.416 e. The number of anilines is 2. The number of hydrogen-bond donors (Lipinski definition) is 2. The number of likely N-dealkylation sites (tertiary alicyclic amines) is 1. The van der Waals surface area contributed by atoms with Crippen LogP contribution in [-0.2, 0) is 21.0 Å². The number of nitrogens with one attached hydrogen (secondary N) is 2. The lowest BCUT2D eigenvalue weighted by molar-refractivity contribution is -0.137. The summed E-state index contributed by atoms with van der Waals surface area (Å²) in [6.07, 6.45) is 0.230. The van der Waals surface area contributed by atoms with E-state index in [-0.39, 0.29) is 18.3 Å². The molecular formula is C17H19F3N6O3S. The molecule has 3 heterocycles. The van der Waals surface area contributed by atoms with E-state index in [4.69, 9.17) is 0 Å². The minimum absolute atomic E-state index is 0.0351. The molecule has 30 heavy (non-hydrogen) atoms. The van der Waals surface area contributed by atoms with Crippen LogP contribution < -0.4 is 10.0 Å². The van der Waals surface area contributed by atoms with E-state index in [0.717, 1.165) is 24.6 Å². The molecule has 0 aliphatic carbocycles. The van der Waals surface area contributed by atoms with E-state index in [0.29, 0.717) is 25.1 Å². The average Bonchev–Trinajstić information content (AvgIpc) is 3.15. The Kier molecular flexibility index (Phi) is 6.22. The first-order valence-electron chi connectivity index (χ1n) is 8.90. The highest BCUT2D eigenvalue weighted by Gasteiger charge is 2.32. The molecule has 1 aliphatic heterocycles. The van der Waals surface area contributed by atoms with Crippen LogP contribution in [0.2, 0.25) is 0 Å². The summed E-state index contributed by atoms with van der Waals surface area (Å²) in [5.74, 6) is -0.429. The van der Waals surface area contributed by atoms with Gasteiger partial charge in [0.15, 0.2) is 0 Å². The standard InChI is InChI=1S/C17H19F3N6O3S/c1-30(28,29)23-10-15(27)26-8-2-3-13(26)12-5-7-22-16(24-12)25-14-9-11(4-6-21-14)17(18,19)20/h4-7,9,13,23H,2-3,8,10H2,1H3,(H,21,22,24,25)/t13-/m1/s1. The minimum Gasteiger partial charge on any atom is -0.333 e. The van der Waals surface area contributed by atoms with Crippen molar-refractivity contribution in [2.45, 2.75) is 25.1 Å². The van der Waals surface area contributed by atoms with E-state index in [2.05, 4.69) is 25.0 Å². The third-order valence-corrected chi connectivity index (χ3v) is 5.07. The van der Waals surface area contributed by atoms with Crippen LogP contribution in [0.3, 0.4) is 0 Å². The zero-order chi connectivity index (χ0) is 21.9. The Labute approximate surface area is 170 Å². The Bertz CT molecular complexity index is 1030. The zero-order valence-corrected chi connectivity index (χ0v) is 16.7. The topological polar surface area (TPSA) is 117 Å². The van der Waals surface area contributed by atoms with E-state index in [1.54, 1.807) is 6.07 Å². The first kappa shape index (κ1) is 21.9. The van der Waals surface area contributed by atoms with Gasteiger partial charge < -0.3 is 10.2 Å². The second-order valence-corrected chi connectivity index (χ2v) is 8.53. The Balaban J connectivity index is 1.75. The van der Waals surface area contributed by atoms with Crippen molar-refractivity contribution in [1.29, 1.82) is 0 Å². The number of hydrogen-bond acceptors (Lipinski definition) is 7. The molecular weight excluding hydrogens is 425 g/mol. The van der Waals surface area contributed by atoms with Gasteiger partial charge in [-0.2, -0.15) is 13.2 Å². The highest BCUT2D eigenvalue weighted by molar-refractivity contribution is 7.88. The third-order valence-electron chi connectivity index (χ3n) is 4.40. The van der Waals surface area contributed by atoms with E-state index >= 15 is 0 Å². The first-order valence-corrected chi connectivity index (χ1v) is 10.8. The molecule has 0 unspecified atom stereocenters. The summed E-state index contributed by atoms with van der Waals surface area (Å²) in [6, 6.07) is 2.91. The maximum atomic E-state index is 12.9. The second-order valence-electron chi connectivity index (χ2n) is 6.70. The number of carbonyl (C=O) groups excluding carboxylic acids is 1. The van der Waals surface area contributed by atoms with E-state index in [9.17, 15) is 26.4 Å². The Hall–Kier alpha value is -2.80. The van der Waals surface area contributed by atoms with Crippen LogP contribution in [0.25, 0.3) is 0 Å². The Morgan fingerprint density at radius 3 is 2.70 bits per heavy atom. The summed E-state index contributed by atoms with van der Waals surface area (Å²) >= 11 is 0. The highest BCUT2D eigenvalue weighted by atomic mass is 32.2. The third kappa shape index (κ3) is 5.63. The molecule has 0 spiro atoms. The smallest absolute Gasteiger partial charge is 0.333 e. The van der Waals surface area contributed by atoms with E-state index in [1.165, 1.54) is 11.1 Å². The molecule has 1 saturated heterocycles. The van der Waals surface area contributed by atoms with Crippen molar-refractivity contribution < 1.29 is 26.4 Å². The van der Waals surface area contributed by atoms with Gasteiger partial charge in [0.25, 0.3) is 0 Å². The molecule has 2 aromatic rings. The summed E-state index contributed by atoms with van der Waals surface area (Å²) in [4.78, 5) is 26.1. The Morgan fingerprint density at radius 1 is 1.27 bits per heavy atom. The summed E-state index contributed by atoms with van der Waals surface area (Å²) < 4.78 is 63.2. The minimum atomic E-state index is -4.51. The lowest BCUT2D eigenvalue weighted by Gasteiger charge is -2.24. The molecule has 1 fully saturated rings. The van der Waals surface area contributed by atoms with Gasteiger partial charge in [-0.3, -0.25) is 4.79 Å². The SMILES string of the molecule is CS(=O)(=O)NCC(=O)N1CCC[C@@H]1c1ccnc(Nc2cc(C(F)(F)F)ccn2)n1. The molecule has 1 aliphatic rings. The first-order chi connectivity index (χ1) is 14.0. The lowest BCUT2D eigenvalue weighted by atomic mass is 10.1. The van der Waals surface area contributed by atoms with Crippen LogP contribution in [0.5, 0.6) is 0 Å². The van der Waals surface area contributed by atoms with Gasteiger partial charge in [0, 0.05) is 18.9 Å². The summed E-state index contributed by atoms with van der Waals surface area (Å²) in [5, 5.41) is 2.64. The molecule has 2 N–H and O–H groups in total. The van der Waals surface area contributed by atoms with Crippen LogP contribution in [0, 0.1) is 0 Å². The largest absolute Gasteiger partial charge is 0.416 e. The molecule has 0 saturated carbocycles. The monoisotopic (exact) mass is 444 g/mol. The van der Waals surface area contributed by atoms with Gasteiger partial charge in [-0.1, -0.05) is 0 Å². The molecule has 3 rings (SSSR count). The van der Waals surface area contributed by atoms with Gasteiger partial charge in [0.2, 0.25) is 21.9 Å². The number of carbonyl (C=O) groups is 1. The van der Waals surface area contributed by atoms with Crippen LogP contribution in [0.1, 0.15) is 30.1 Å². The van der Waals surface area contributed by atoms with Crippen molar-refractivity contribution in [1.82, 2.24) is 24.6 Å². The van der Waals surface area contributed by atoms with Crippen molar-refractivity contribution >= 4 is 27.7 Å².